The van der Waals surface area contributed by atoms with Crippen LogP contribution in [-0.2, 0) is 7.05 Å². The van der Waals surface area contributed by atoms with Crippen LogP contribution in [0.4, 0.5) is 8.78 Å². The van der Waals surface area contributed by atoms with E-state index in [0.717, 1.165) is 10.9 Å². The molecule has 1 aromatic heterocycles. The lowest BCUT2D eigenvalue weighted by Gasteiger charge is -1.99. The van der Waals surface area contributed by atoms with E-state index in [2.05, 4.69) is 5.10 Å². The Hall–Kier alpha value is -1.26. The number of halogens is 2. The fourth-order valence-corrected chi connectivity index (χ4v) is 0.822. The van der Waals surface area contributed by atoms with Crippen LogP contribution >= 0.6 is 0 Å². The van der Waals surface area contributed by atoms with Crippen LogP contribution in [-0.4, -0.2) is 16.1 Å². The SMILES string of the molecule is Cn1ncc(C=O)c1C(F)F. The fourth-order valence-electron chi connectivity index (χ4n) is 0.822. The normalized spacial score (nSPS) is 10.5. The third-order valence-corrected chi connectivity index (χ3v) is 1.35. The maximum atomic E-state index is 12.1. The Morgan fingerprint density at radius 1 is 1.73 bits per heavy atom. The zero-order chi connectivity index (χ0) is 8.43. The van der Waals surface area contributed by atoms with E-state index in [9.17, 15) is 13.6 Å². The number of hydrogen-bond donors (Lipinski definition) is 0. The predicted octanol–water partition coefficient (Wildman–Crippen LogP) is 1.17. The van der Waals surface area contributed by atoms with Gasteiger partial charge < -0.3 is 0 Å². The van der Waals surface area contributed by atoms with E-state index < -0.39 is 6.43 Å². The monoisotopic (exact) mass is 160 g/mol. The van der Waals surface area contributed by atoms with Crippen molar-refractivity contribution in [1.29, 1.82) is 0 Å². The van der Waals surface area contributed by atoms with E-state index in [4.69, 9.17) is 0 Å². The van der Waals surface area contributed by atoms with Gasteiger partial charge in [-0.15, -0.1) is 0 Å². The summed E-state index contributed by atoms with van der Waals surface area (Å²) in [4.78, 5) is 10.2. The average molecular weight is 160 g/mol. The van der Waals surface area contributed by atoms with Gasteiger partial charge in [-0.05, 0) is 0 Å². The minimum Gasteiger partial charge on any atom is -0.298 e. The first-order valence-electron chi connectivity index (χ1n) is 2.92. The summed E-state index contributed by atoms with van der Waals surface area (Å²) in [6, 6.07) is 0. The molecule has 0 aliphatic rings. The molecule has 1 heterocycles. The number of nitrogens with zero attached hydrogens (tertiary/aromatic N) is 2. The van der Waals surface area contributed by atoms with Crippen LogP contribution in [0.15, 0.2) is 6.20 Å². The Kier molecular flexibility index (Phi) is 1.98. The van der Waals surface area contributed by atoms with Gasteiger partial charge in [-0.2, -0.15) is 5.10 Å². The zero-order valence-corrected chi connectivity index (χ0v) is 5.79. The van der Waals surface area contributed by atoms with Crippen molar-refractivity contribution in [3.8, 4) is 0 Å². The molecule has 5 heteroatoms. The lowest BCUT2D eigenvalue weighted by Crippen LogP contribution is -2.00. The fraction of sp³-hybridized carbons (Fsp3) is 0.333. The number of aromatic nitrogens is 2. The van der Waals surface area contributed by atoms with Gasteiger partial charge in [0.25, 0.3) is 6.43 Å². The average Bonchev–Trinajstić information content (AvgIpc) is 2.30. The summed E-state index contributed by atoms with van der Waals surface area (Å²) >= 11 is 0. The molecule has 0 aliphatic heterocycles. The third-order valence-electron chi connectivity index (χ3n) is 1.35. The van der Waals surface area contributed by atoms with Crippen molar-refractivity contribution in [1.82, 2.24) is 9.78 Å². The van der Waals surface area contributed by atoms with Gasteiger partial charge in [0, 0.05) is 7.05 Å². The van der Waals surface area contributed by atoms with Crippen molar-refractivity contribution >= 4 is 6.29 Å². The van der Waals surface area contributed by atoms with E-state index in [-0.39, 0.29) is 11.3 Å². The summed E-state index contributed by atoms with van der Waals surface area (Å²) in [7, 11) is 1.37. The van der Waals surface area contributed by atoms with Crippen LogP contribution in [0.25, 0.3) is 0 Å². The quantitative estimate of drug-likeness (QED) is 0.608. The second kappa shape index (κ2) is 2.77. The van der Waals surface area contributed by atoms with Crippen LogP contribution in [0.3, 0.4) is 0 Å². The molecule has 0 saturated heterocycles. The molecule has 0 atom stereocenters. The first kappa shape index (κ1) is 7.84. The largest absolute Gasteiger partial charge is 0.298 e. The van der Waals surface area contributed by atoms with E-state index in [1.165, 1.54) is 7.05 Å². The van der Waals surface area contributed by atoms with Gasteiger partial charge in [-0.25, -0.2) is 8.78 Å². The standard InChI is InChI=1S/C6H6F2N2O/c1-10-5(6(7)8)4(3-11)2-9-10/h2-3,6H,1H3. The molecule has 0 bridgehead atoms. The zero-order valence-electron chi connectivity index (χ0n) is 5.79. The van der Waals surface area contributed by atoms with Gasteiger partial charge in [0.15, 0.2) is 6.29 Å². The van der Waals surface area contributed by atoms with Crippen LogP contribution < -0.4 is 0 Å². The van der Waals surface area contributed by atoms with Crippen molar-refractivity contribution in [2.24, 2.45) is 7.05 Å². The molecule has 11 heavy (non-hydrogen) atoms. The van der Waals surface area contributed by atoms with Crippen molar-refractivity contribution < 1.29 is 13.6 Å². The predicted molar refractivity (Wildman–Crippen MR) is 33.6 cm³/mol. The van der Waals surface area contributed by atoms with Crippen LogP contribution in [0, 0.1) is 0 Å². The number of carbonyl (C=O) groups excluding carboxylic acids is 1. The molecule has 3 nitrogen and oxygen atoms in total. The maximum Gasteiger partial charge on any atom is 0.280 e. The Balaban J connectivity index is 3.17. The van der Waals surface area contributed by atoms with Crippen LogP contribution in [0.5, 0.6) is 0 Å². The molecule has 0 aromatic carbocycles. The Bertz CT molecular complexity index is 270. The molecule has 0 spiro atoms. The molecular weight excluding hydrogens is 154 g/mol. The highest BCUT2D eigenvalue weighted by Crippen LogP contribution is 2.20. The molecular formula is C6H6F2N2O. The van der Waals surface area contributed by atoms with Crippen molar-refractivity contribution in [2.75, 3.05) is 0 Å². The number of hydrogen-bond acceptors (Lipinski definition) is 2. The first-order chi connectivity index (χ1) is 5.16. The van der Waals surface area contributed by atoms with Gasteiger partial charge in [0.1, 0.15) is 5.69 Å². The highest BCUT2D eigenvalue weighted by atomic mass is 19.3. The molecule has 1 aromatic rings. The lowest BCUT2D eigenvalue weighted by atomic mass is 10.3. The summed E-state index contributed by atoms with van der Waals surface area (Å²) in [5.41, 5.74) is -0.387. The van der Waals surface area contributed by atoms with Crippen molar-refractivity contribution in [3.63, 3.8) is 0 Å². The first-order valence-corrected chi connectivity index (χ1v) is 2.92. The number of aldehydes is 1. The van der Waals surface area contributed by atoms with E-state index >= 15 is 0 Å². The van der Waals surface area contributed by atoms with Gasteiger partial charge in [-0.3, -0.25) is 9.48 Å². The lowest BCUT2D eigenvalue weighted by molar-refractivity contribution is 0.110. The summed E-state index contributed by atoms with van der Waals surface area (Å²) in [6.45, 7) is 0. The molecule has 0 saturated carbocycles. The molecule has 0 N–H and O–H groups in total. The van der Waals surface area contributed by atoms with E-state index in [1.54, 1.807) is 0 Å². The summed E-state index contributed by atoms with van der Waals surface area (Å²) in [5.74, 6) is 0. The summed E-state index contributed by atoms with van der Waals surface area (Å²) < 4.78 is 25.2. The highest BCUT2D eigenvalue weighted by Gasteiger charge is 2.16. The topological polar surface area (TPSA) is 34.9 Å². The van der Waals surface area contributed by atoms with Gasteiger partial charge in [0.2, 0.25) is 0 Å². The van der Waals surface area contributed by atoms with Crippen molar-refractivity contribution in [3.05, 3.63) is 17.5 Å². The molecule has 0 aliphatic carbocycles. The van der Waals surface area contributed by atoms with Gasteiger partial charge in [-0.1, -0.05) is 0 Å². The minimum absolute atomic E-state index is 0.0532. The van der Waals surface area contributed by atoms with Crippen molar-refractivity contribution in [2.45, 2.75) is 6.43 Å². The Morgan fingerprint density at radius 2 is 2.36 bits per heavy atom. The van der Waals surface area contributed by atoms with E-state index in [0.29, 0.717) is 6.29 Å². The second-order valence-corrected chi connectivity index (χ2v) is 2.03. The maximum absolute atomic E-state index is 12.1. The summed E-state index contributed by atoms with van der Waals surface area (Å²) in [6.07, 6.45) is -1.16. The van der Waals surface area contributed by atoms with E-state index in [1.807, 2.05) is 0 Å². The van der Waals surface area contributed by atoms with Gasteiger partial charge in [0.05, 0.1) is 11.8 Å². The Labute approximate surface area is 61.6 Å². The highest BCUT2D eigenvalue weighted by molar-refractivity contribution is 5.76. The molecule has 0 radical (unpaired) electrons. The number of rotatable bonds is 2. The third kappa shape index (κ3) is 1.26. The van der Waals surface area contributed by atoms with Crippen LogP contribution in [0.1, 0.15) is 22.5 Å². The molecule has 0 unspecified atom stereocenters. The van der Waals surface area contributed by atoms with Crippen LogP contribution in [0.2, 0.25) is 0 Å². The number of carbonyl (C=O) groups is 1. The molecule has 1 rings (SSSR count). The second-order valence-electron chi connectivity index (χ2n) is 2.03. The number of alkyl halides is 2. The minimum atomic E-state index is -2.65. The molecule has 60 valence electrons. The smallest absolute Gasteiger partial charge is 0.280 e. The molecule has 0 fully saturated rings. The Morgan fingerprint density at radius 3 is 2.73 bits per heavy atom. The number of aryl methyl sites for hydroxylation is 1. The molecule has 0 amide bonds. The summed E-state index contributed by atoms with van der Waals surface area (Å²) in [5, 5.41) is 3.51. The van der Waals surface area contributed by atoms with Gasteiger partial charge >= 0.3 is 0 Å².